The van der Waals surface area contributed by atoms with Crippen LogP contribution in [-0.4, -0.2) is 24.3 Å². The van der Waals surface area contributed by atoms with Crippen LogP contribution in [0.1, 0.15) is 26.3 Å². The van der Waals surface area contributed by atoms with Crippen LogP contribution < -0.4 is 10.9 Å². The van der Waals surface area contributed by atoms with Crippen LogP contribution in [0.4, 0.5) is 0 Å². The highest BCUT2D eigenvalue weighted by molar-refractivity contribution is 6.76. The molecule has 3 rings (SSSR count). The summed E-state index contributed by atoms with van der Waals surface area (Å²) in [5, 5.41) is 20.5. The minimum Gasteiger partial charge on any atom is -0.443 e. The van der Waals surface area contributed by atoms with Crippen LogP contribution in [0.15, 0.2) is 42.5 Å². The van der Waals surface area contributed by atoms with Gasteiger partial charge in [0.1, 0.15) is 0 Å². The average molecular weight is 280 g/mol. The highest BCUT2D eigenvalue weighted by Crippen LogP contribution is 2.32. The maximum Gasteiger partial charge on any atom is 0.478 e. The zero-order valence-electron chi connectivity index (χ0n) is 12.5. The van der Waals surface area contributed by atoms with Crippen LogP contribution >= 0.6 is 0 Å². The number of benzene rings is 2. The molecule has 0 atom stereocenters. The lowest BCUT2D eigenvalue weighted by molar-refractivity contribution is 0.379. The predicted molar refractivity (Wildman–Crippen MR) is 86.9 cm³/mol. The molecule has 106 valence electrons. The van der Waals surface area contributed by atoms with Crippen molar-refractivity contribution in [3.05, 3.63) is 48.0 Å². The molecule has 1 aliphatic heterocycles. The molecule has 21 heavy (non-hydrogen) atoms. The molecule has 0 saturated carbocycles. The summed E-state index contributed by atoms with van der Waals surface area (Å²) in [6.45, 7) is 6.42. The molecule has 1 heterocycles. The van der Waals surface area contributed by atoms with Crippen molar-refractivity contribution >= 4 is 25.2 Å². The van der Waals surface area contributed by atoms with E-state index in [4.69, 9.17) is 4.57 Å². The fourth-order valence-corrected chi connectivity index (χ4v) is 2.91. The monoisotopic (exact) mass is 280 g/mol. The Labute approximate surface area is 125 Å². The Morgan fingerprint density at radius 2 is 1.48 bits per heavy atom. The second-order valence-corrected chi connectivity index (χ2v) is 6.45. The van der Waals surface area contributed by atoms with Gasteiger partial charge in [0.15, 0.2) is 0 Å². The van der Waals surface area contributed by atoms with Crippen LogP contribution in [0.2, 0.25) is 0 Å². The molecule has 2 N–H and O–H groups in total. The van der Waals surface area contributed by atoms with Gasteiger partial charge >= 0.3 is 14.2 Å². The van der Waals surface area contributed by atoms with Crippen molar-refractivity contribution in [1.29, 1.82) is 0 Å². The van der Waals surface area contributed by atoms with E-state index in [2.05, 4.69) is 26.8 Å². The van der Waals surface area contributed by atoms with Crippen LogP contribution in [0, 0.1) is 0 Å². The number of fused-ring (bicyclic) bond motifs is 3. The first kappa shape index (κ1) is 14.4. The zero-order chi connectivity index (χ0) is 15.2. The third kappa shape index (κ3) is 2.42. The summed E-state index contributed by atoms with van der Waals surface area (Å²) in [6, 6.07) is 13.4. The van der Waals surface area contributed by atoms with Crippen molar-refractivity contribution in [3.8, 4) is 11.1 Å². The zero-order valence-corrected chi connectivity index (χ0v) is 12.5. The van der Waals surface area contributed by atoms with Gasteiger partial charge in [-0.3, -0.25) is 0 Å². The Bertz CT molecular complexity index is 679. The lowest BCUT2D eigenvalue weighted by atomic mass is 9.70. The molecule has 0 spiro atoms. The summed E-state index contributed by atoms with van der Waals surface area (Å²) in [5.74, 6) is 0. The van der Waals surface area contributed by atoms with Gasteiger partial charge in [-0.2, -0.15) is 0 Å². The van der Waals surface area contributed by atoms with Gasteiger partial charge in [0.2, 0.25) is 0 Å². The van der Waals surface area contributed by atoms with Crippen molar-refractivity contribution < 1.29 is 14.6 Å². The summed E-state index contributed by atoms with van der Waals surface area (Å²) >= 11 is 0. The van der Waals surface area contributed by atoms with E-state index in [1.807, 2.05) is 36.4 Å². The van der Waals surface area contributed by atoms with Gasteiger partial charge in [0, 0.05) is 0 Å². The smallest absolute Gasteiger partial charge is 0.443 e. The Morgan fingerprint density at radius 1 is 0.857 bits per heavy atom. The summed E-state index contributed by atoms with van der Waals surface area (Å²) < 4.78 is 5.34. The van der Waals surface area contributed by atoms with Crippen LogP contribution in [0.5, 0.6) is 0 Å². The lowest BCUT2D eigenvalue weighted by Crippen LogP contribution is -2.42. The Balaban J connectivity index is 2.38. The van der Waals surface area contributed by atoms with Crippen molar-refractivity contribution in [2.75, 3.05) is 0 Å². The molecule has 0 amide bonds. The molecule has 0 aliphatic carbocycles. The molecule has 2 aromatic rings. The summed E-state index contributed by atoms with van der Waals surface area (Å²) in [5.41, 5.74) is 4.32. The third-order valence-corrected chi connectivity index (χ3v) is 3.92. The van der Waals surface area contributed by atoms with Gasteiger partial charge in [-0.25, -0.2) is 0 Å². The summed E-state index contributed by atoms with van der Waals surface area (Å²) in [4.78, 5) is 0. The SMILES string of the molecule is CC(C)(C)c1cccc2c1-c1ccccc1B(O)OB2O. The molecule has 0 fully saturated rings. The van der Waals surface area contributed by atoms with Crippen molar-refractivity contribution in [3.63, 3.8) is 0 Å². The van der Waals surface area contributed by atoms with Gasteiger partial charge in [-0.15, -0.1) is 0 Å². The van der Waals surface area contributed by atoms with E-state index in [1.54, 1.807) is 0 Å². The number of hydrogen-bond donors (Lipinski definition) is 2. The summed E-state index contributed by atoms with van der Waals surface area (Å²) in [7, 11) is -2.26. The first-order valence-electron chi connectivity index (χ1n) is 7.14. The molecule has 2 aromatic carbocycles. The molecule has 3 nitrogen and oxygen atoms in total. The maximum atomic E-state index is 10.3. The second-order valence-electron chi connectivity index (χ2n) is 6.45. The first-order chi connectivity index (χ1) is 9.89. The largest absolute Gasteiger partial charge is 0.478 e. The standard InChI is InChI=1S/C16H18B2O3/c1-16(2,3)12-8-6-10-14-15(12)11-7-4-5-9-13(11)17(19)21-18(14)20/h4-10,19-20H,1-3H3. The van der Waals surface area contributed by atoms with Crippen molar-refractivity contribution in [2.24, 2.45) is 0 Å². The fraction of sp³-hybridized carbons (Fsp3) is 0.250. The predicted octanol–water partition coefficient (Wildman–Crippen LogP) is 1.06. The average Bonchev–Trinajstić information content (AvgIpc) is 2.55. The van der Waals surface area contributed by atoms with E-state index in [0.29, 0.717) is 10.9 Å². The quantitative estimate of drug-likeness (QED) is 0.709. The van der Waals surface area contributed by atoms with E-state index in [9.17, 15) is 10.0 Å². The van der Waals surface area contributed by atoms with Crippen molar-refractivity contribution in [2.45, 2.75) is 26.2 Å². The first-order valence-corrected chi connectivity index (χ1v) is 7.14. The minimum atomic E-state index is -1.13. The highest BCUT2D eigenvalue weighted by atomic mass is 16.5. The minimum absolute atomic E-state index is 0.0759. The lowest BCUT2D eigenvalue weighted by Gasteiger charge is -2.25. The maximum absolute atomic E-state index is 10.3. The van der Waals surface area contributed by atoms with Gasteiger partial charge in [0.05, 0.1) is 0 Å². The number of hydrogen-bond acceptors (Lipinski definition) is 3. The topological polar surface area (TPSA) is 49.7 Å². The molecule has 0 radical (unpaired) electrons. The van der Waals surface area contributed by atoms with Gasteiger partial charge < -0.3 is 14.6 Å². The molecule has 0 aromatic heterocycles. The van der Waals surface area contributed by atoms with Crippen LogP contribution in [0.3, 0.4) is 0 Å². The third-order valence-electron chi connectivity index (χ3n) is 3.92. The van der Waals surface area contributed by atoms with Crippen molar-refractivity contribution in [1.82, 2.24) is 0 Å². The van der Waals surface area contributed by atoms with E-state index in [0.717, 1.165) is 16.7 Å². The van der Waals surface area contributed by atoms with E-state index < -0.39 is 14.2 Å². The van der Waals surface area contributed by atoms with E-state index >= 15 is 0 Å². The Morgan fingerprint density at radius 3 is 2.19 bits per heavy atom. The molecule has 0 saturated heterocycles. The fourth-order valence-electron chi connectivity index (χ4n) is 2.91. The molecular formula is C16H18B2O3. The van der Waals surface area contributed by atoms with Gasteiger partial charge in [-0.1, -0.05) is 63.2 Å². The molecule has 1 aliphatic rings. The summed E-state index contributed by atoms with van der Waals surface area (Å²) in [6.07, 6.45) is 0. The molecular weight excluding hydrogens is 262 g/mol. The van der Waals surface area contributed by atoms with E-state index in [1.165, 1.54) is 0 Å². The molecule has 0 bridgehead atoms. The highest BCUT2D eigenvalue weighted by Gasteiger charge is 2.36. The Hall–Kier alpha value is -1.55. The molecule has 0 unspecified atom stereocenters. The van der Waals surface area contributed by atoms with Crippen LogP contribution in [-0.2, 0) is 9.99 Å². The Kier molecular flexibility index (Phi) is 3.44. The van der Waals surface area contributed by atoms with E-state index in [-0.39, 0.29) is 5.41 Å². The second kappa shape index (κ2) is 5.02. The van der Waals surface area contributed by atoms with Gasteiger partial charge in [0.25, 0.3) is 0 Å². The van der Waals surface area contributed by atoms with Crippen LogP contribution in [0.25, 0.3) is 11.1 Å². The molecule has 5 heteroatoms. The number of rotatable bonds is 0. The van der Waals surface area contributed by atoms with Gasteiger partial charge in [-0.05, 0) is 33.0 Å². The normalized spacial score (nSPS) is 14.5.